The SMILES string of the molecule is CCCCCn1c(=O)c2ccccc2n2c(SCc3cc(Cl)nc(Cl)c3)nnc12. The Bertz CT molecular complexity index is 1220. The summed E-state index contributed by atoms with van der Waals surface area (Å²) in [4.78, 5) is 17.0. The Morgan fingerprint density at radius 2 is 1.83 bits per heavy atom. The van der Waals surface area contributed by atoms with E-state index in [0.29, 0.717) is 38.9 Å². The van der Waals surface area contributed by atoms with Crippen LogP contribution in [-0.4, -0.2) is 24.1 Å². The monoisotopic (exact) mass is 447 g/mol. The maximum atomic E-state index is 13.0. The number of halogens is 2. The van der Waals surface area contributed by atoms with E-state index in [-0.39, 0.29) is 5.56 Å². The average Bonchev–Trinajstić information content (AvgIpc) is 3.12. The van der Waals surface area contributed by atoms with Crippen LogP contribution in [0.5, 0.6) is 0 Å². The molecule has 1 aromatic carbocycles. The number of thioether (sulfide) groups is 1. The summed E-state index contributed by atoms with van der Waals surface area (Å²) in [5.41, 5.74) is 1.72. The minimum absolute atomic E-state index is 0.0270. The van der Waals surface area contributed by atoms with Crippen LogP contribution in [0.1, 0.15) is 31.7 Å². The van der Waals surface area contributed by atoms with Crippen LogP contribution in [0.3, 0.4) is 0 Å². The highest BCUT2D eigenvalue weighted by atomic mass is 35.5. The van der Waals surface area contributed by atoms with Crippen LogP contribution in [0, 0.1) is 0 Å². The lowest BCUT2D eigenvalue weighted by molar-refractivity contribution is 0.594. The molecule has 0 aliphatic rings. The fraction of sp³-hybridized carbons (Fsp3) is 0.300. The second kappa shape index (κ2) is 8.73. The number of pyridine rings is 1. The number of hydrogen-bond acceptors (Lipinski definition) is 5. The molecule has 9 heteroatoms. The zero-order valence-electron chi connectivity index (χ0n) is 15.8. The van der Waals surface area contributed by atoms with Gasteiger partial charge in [0.15, 0.2) is 5.16 Å². The minimum atomic E-state index is -0.0270. The predicted octanol–water partition coefficient (Wildman–Crippen LogP) is 5.23. The number of fused-ring (bicyclic) bond motifs is 3. The maximum Gasteiger partial charge on any atom is 0.262 e. The molecule has 3 heterocycles. The second-order valence-corrected chi connectivity index (χ2v) is 8.43. The van der Waals surface area contributed by atoms with Gasteiger partial charge in [-0.25, -0.2) is 4.98 Å². The number of benzene rings is 1. The van der Waals surface area contributed by atoms with Gasteiger partial charge in [-0.1, -0.05) is 66.9 Å². The highest BCUT2D eigenvalue weighted by Crippen LogP contribution is 2.26. The van der Waals surface area contributed by atoms with E-state index in [1.807, 2.05) is 28.7 Å². The fourth-order valence-electron chi connectivity index (χ4n) is 3.29. The third-order valence-corrected chi connectivity index (χ3v) is 6.04. The zero-order valence-corrected chi connectivity index (χ0v) is 18.1. The first kappa shape index (κ1) is 20.2. The third-order valence-electron chi connectivity index (χ3n) is 4.65. The number of aryl methyl sites for hydroxylation is 1. The number of unbranched alkanes of at least 4 members (excludes halogenated alkanes) is 2. The summed E-state index contributed by atoms with van der Waals surface area (Å²) in [5, 5.41) is 10.8. The van der Waals surface area contributed by atoms with Crippen LogP contribution >= 0.6 is 35.0 Å². The summed E-state index contributed by atoms with van der Waals surface area (Å²) in [6.07, 6.45) is 3.07. The lowest BCUT2D eigenvalue weighted by atomic mass is 10.2. The molecule has 0 aliphatic carbocycles. The summed E-state index contributed by atoms with van der Waals surface area (Å²) >= 11 is 13.5. The van der Waals surface area contributed by atoms with Crippen molar-refractivity contribution in [3.8, 4) is 0 Å². The molecule has 0 spiro atoms. The molecule has 150 valence electrons. The fourth-order valence-corrected chi connectivity index (χ4v) is 4.67. The number of nitrogens with zero attached hydrogens (tertiary/aromatic N) is 5. The largest absolute Gasteiger partial charge is 0.276 e. The van der Waals surface area contributed by atoms with E-state index >= 15 is 0 Å². The van der Waals surface area contributed by atoms with Crippen LogP contribution in [0.2, 0.25) is 10.3 Å². The Labute approximate surface area is 181 Å². The molecule has 0 atom stereocenters. The van der Waals surface area contributed by atoms with Gasteiger partial charge in [0.2, 0.25) is 5.78 Å². The molecule has 0 bridgehead atoms. The van der Waals surface area contributed by atoms with Gasteiger partial charge in [0.1, 0.15) is 10.3 Å². The van der Waals surface area contributed by atoms with Gasteiger partial charge in [-0.15, -0.1) is 10.2 Å². The highest BCUT2D eigenvalue weighted by molar-refractivity contribution is 7.98. The van der Waals surface area contributed by atoms with Crippen LogP contribution < -0.4 is 5.56 Å². The molecule has 0 N–H and O–H groups in total. The van der Waals surface area contributed by atoms with Gasteiger partial charge < -0.3 is 0 Å². The molecule has 29 heavy (non-hydrogen) atoms. The molecule has 4 rings (SSSR count). The van der Waals surface area contributed by atoms with Crippen LogP contribution in [0.4, 0.5) is 0 Å². The van der Waals surface area contributed by atoms with E-state index in [0.717, 1.165) is 30.3 Å². The topological polar surface area (TPSA) is 65.1 Å². The zero-order chi connectivity index (χ0) is 20.4. The van der Waals surface area contributed by atoms with Crippen LogP contribution in [0.15, 0.2) is 46.3 Å². The van der Waals surface area contributed by atoms with Crippen molar-refractivity contribution in [3.05, 3.63) is 62.6 Å². The predicted molar refractivity (Wildman–Crippen MR) is 118 cm³/mol. The number of para-hydroxylation sites is 1. The number of aromatic nitrogens is 5. The first-order valence-electron chi connectivity index (χ1n) is 9.40. The van der Waals surface area contributed by atoms with E-state index in [4.69, 9.17) is 23.2 Å². The molecule has 0 unspecified atom stereocenters. The second-order valence-electron chi connectivity index (χ2n) is 6.71. The Kier molecular flexibility index (Phi) is 6.08. The van der Waals surface area contributed by atoms with Crippen molar-refractivity contribution in [3.63, 3.8) is 0 Å². The van der Waals surface area contributed by atoms with Gasteiger partial charge in [-0.3, -0.25) is 13.8 Å². The Balaban J connectivity index is 1.78. The molecule has 3 aromatic heterocycles. The third kappa shape index (κ3) is 4.13. The van der Waals surface area contributed by atoms with Crippen molar-refractivity contribution in [2.24, 2.45) is 0 Å². The van der Waals surface area contributed by atoms with Crippen LogP contribution in [-0.2, 0) is 12.3 Å². The lowest BCUT2D eigenvalue weighted by Gasteiger charge is -2.11. The number of rotatable bonds is 7. The molecular weight excluding hydrogens is 429 g/mol. The molecule has 0 saturated carbocycles. The summed E-state index contributed by atoms with van der Waals surface area (Å²) in [7, 11) is 0. The van der Waals surface area contributed by atoms with Crippen molar-refractivity contribution < 1.29 is 0 Å². The van der Waals surface area contributed by atoms with E-state index in [9.17, 15) is 4.79 Å². The van der Waals surface area contributed by atoms with Crippen molar-refractivity contribution >= 4 is 51.6 Å². The van der Waals surface area contributed by atoms with E-state index in [1.54, 1.807) is 16.7 Å². The van der Waals surface area contributed by atoms with Crippen LogP contribution in [0.25, 0.3) is 16.7 Å². The first-order chi connectivity index (χ1) is 14.1. The normalized spacial score (nSPS) is 11.6. The quantitative estimate of drug-likeness (QED) is 0.220. The maximum absolute atomic E-state index is 13.0. The molecular formula is C20H19Cl2N5OS. The van der Waals surface area contributed by atoms with Gasteiger partial charge in [0, 0.05) is 12.3 Å². The molecule has 0 saturated heterocycles. The van der Waals surface area contributed by atoms with Gasteiger partial charge in [-0.05, 0) is 36.2 Å². The molecule has 4 aromatic rings. The highest BCUT2D eigenvalue weighted by Gasteiger charge is 2.16. The Hall–Kier alpha value is -2.09. The van der Waals surface area contributed by atoms with Gasteiger partial charge >= 0.3 is 0 Å². The smallest absolute Gasteiger partial charge is 0.262 e. The minimum Gasteiger partial charge on any atom is -0.276 e. The van der Waals surface area contributed by atoms with Crippen molar-refractivity contribution in [2.75, 3.05) is 0 Å². The standard InChI is InChI=1S/C20H19Cl2N5OS/c1-2-3-6-9-26-18(28)14-7-4-5-8-15(14)27-19(26)24-25-20(27)29-12-13-10-16(21)23-17(22)11-13/h4-5,7-8,10-11H,2-3,6,9,12H2,1H3. The van der Waals surface area contributed by atoms with Gasteiger partial charge in [0.25, 0.3) is 5.56 Å². The molecule has 0 radical (unpaired) electrons. The summed E-state index contributed by atoms with van der Waals surface area (Å²) in [5.74, 6) is 1.17. The van der Waals surface area contributed by atoms with Gasteiger partial charge in [-0.2, -0.15) is 0 Å². The molecule has 0 fully saturated rings. The van der Waals surface area contributed by atoms with Crippen molar-refractivity contribution in [2.45, 2.75) is 43.6 Å². The van der Waals surface area contributed by atoms with E-state index < -0.39 is 0 Å². The molecule has 0 amide bonds. The first-order valence-corrected chi connectivity index (χ1v) is 11.1. The molecule has 6 nitrogen and oxygen atoms in total. The summed E-state index contributed by atoms with van der Waals surface area (Å²) in [6.45, 7) is 2.77. The summed E-state index contributed by atoms with van der Waals surface area (Å²) in [6, 6.07) is 11.1. The molecule has 0 aliphatic heterocycles. The Morgan fingerprint density at radius 3 is 2.59 bits per heavy atom. The number of hydrogen-bond donors (Lipinski definition) is 0. The van der Waals surface area contributed by atoms with E-state index in [2.05, 4.69) is 22.1 Å². The van der Waals surface area contributed by atoms with Gasteiger partial charge in [0.05, 0.1) is 10.9 Å². The van der Waals surface area contributed by atoms with E-state index in [1.165, 1.54) is 11.8 Å². The van der Waals surface area contributed by atoms with Crippen molar-refractivity contribution in [1.82, 2.24) is 24.1 Å². The Morgan fingerprint density at radius 1 is 1.07 bits per heavy atom. The lowest BCUT2D eigenvalue weighted by Crippen LogP contribution is -2.23. The average molecular weight is 448 g/mol. The summed E-state index contributed by atoms with van der Waals surface area (Å²) < 4.78 is 3.69. The van der Waals surface area contributed by atoms with Crippen molar-refractivity contribution in [1.29, 1.82) is 0 Å².